The van der Waals surface area contributed by atoms with Crippen molar-refractivity contribution in [2.75, 3.05) is 19.7 Å². The van der Waals surface area contributed by atoms with Crippen molar-refractivity contribution in [1.29, 1.82) is 0 Å². The first-order valence-electron chi connectivity index (χ1n) is 5.74. The quantitative estimate of drug-likeness (QED) is 0.722. The molecular weight excluding hydrogens is 230 g/mol. The topological polar surface area (TPSA) is 52.6 Å². The van der Waals surface area contributed by atoms with Crippen LogP contribution in [0.1, 0.15) is 19.3 Å². The molecule has 0 heterocycles. The van der Waals surface area contributed by atoms with Crippen molar-refractivity contribution in [3.63, 3.8) is 0 Å². The largest absolute Gasteiger partial charge is 0.395 e. The molecule has 1 atom stereocenters. The number of halogens is 2. The minimum atomic E-state index is -2.59. The van der Waals surface area contributed by atoms with Crippen LogP contribution < -0.4 is 5.32 Å². The van der Waals surface area contributed by atoms with E-state index in [4.69, 9.17) is 5.11 Å². The minimum absolute atomic E-state index is 0.0768. The number of allylic oxidation sites excluding steroid dienone is 1. The highest BCUT2D eigenvalue weighted by atomic mass is 19.3. The predicted molar refractivity (Wildman–Crippen MR) is 60.0 cm³/mol. The standard InChI is InChI=1S/C11H18F2N2O2/c12-10(13)8-15(6-7-16)11(17)14-9-4-2-1-3-5-9/h2,4,9-10,16H,1,3,5-8H2,(H,14,17). The second kappa shape index (κ2) is 7.21. The fourth-order valence-corrected chi connectivity index (χ4v) is 1.75. The van der Waals surface area contributed by atoms with Gasteiger partial charge in [0.1, 0.15) is 0 Å². The number of hydrogen-bond donors (Lipinski definition) is 2. The Balaban J connectivity index is 2.45. The van der Waals surface area contributed by atoms with Gasteiger partial charge in [0.25, 0.3) is 6.43 Å². The van der Waals surface area contributed by atoms with Gasteiger partial charge in [0.05, 0.1) is 13.2 Å². The van der Waals surface area contributed by atoms with E-state index in [0.29, 0.717) is 0 Å². The van der Waals surface area contributed by atoms with Crippen molar-refractivity contribution in [2.24, 2.45) is 0 Å². The summed E-state index contributed by atoms with van der Waals surface area (Å²) in [4.78, 5) is 12.6. The molecule has 0 aromatic heterocycles. The summed E-state index contributed by atoms with van der Waals surface area (Å²) in [6, 6.07) is -0.633. The summed E-state index contributed by atoms with van der Waals surface area (Å²) in [7, 11) is 0. The summed E-state index contributed by atoms with van der Waals surface area (Å²) < 4.78 is 24.5. The maximum atomic E-state index is 12.2. The molecule has 2 N–H and O–H groups in total. The average Bonchev–Trinajstić information content (AvgIpc) is 2.29. The van der Waals surface area contributed by atoms with Crippen molar-refractivity contribution in [1.82, 2.24) is 10.2 Å². The molecule has 4 nitrogen and oxygen atoms in total. The van der Waals surface area contributed by atoms with Crippen LogP contribution in [0, 0.1) is 0 Å². The van der Waals surface area contributed by atoms with E-state index in [1.165, 1.54) is 0 Å². The molecule has 0 radical (unpaired) electrons. The van der Waals surface area contributed by atoms with Crippen LogP contribution in [0.2, 0.25) is 0 Å². The van der Waals surface area contributed by atoms with Crippen LogP contribution in [0.25, 0.3) is 0 Å². The third-order valence-corrected chi connectivity index (χ3v) is 2.58. The van der Waals surface area contributed by atoms with Gasteiger partial charge in [-0.3, -0.25) is 0 Å². The van der Waals surface area contributed by atoms with Crippen LogP contribution in [-0.4, -0.2) is 48.2 Å². The number of carbonyl (C=O) groups is 1. The van der Waals surface area contributed by atoms with Crippen LogP contribution in [0.3, 0.4) is 0 Å². The number of nitrogens with zero attached hydrogens (tertiary/aromatic N) is 1. The normalized spacial score (nSPS) is 19.4. The summed E-state index contributed by atoms with van der Waals surface area (Å²) in [5, 5.41) is 11.4. The third kappa shape index (κ3) is 5.12. The number of carbonyl (C=O) groups excluding carboxylic acids is 1. The van der Waals surface area contributed by atoms with Gasteiger partial charge >= 0.3 is 6.03 Å². The summed E-state index contributed by atoms with van der Waals surface area (Å²) in [6.45, 7) is -1.05. The predicted octanol–water partition coefficient (Wildman–Crippen LogP) is 1.36. The average molecular weight is 248 g/mol. The van der Waals surface area contributed by atoms with Crippen molar-refractivity contribution >= 4 is 6.03 Å². The van der Waals surface area contributed by atoms with Gasteiger partial charge in [0.15, 0.2) is 0 Å². The van der Waals surface area contributed by atoms with E-state index >= 15 is 0 Å². The van der Waals surface area contributed by atoms with Crippen molar-refractivity contribution in [3.05, 3.63) is 12.2 Å². The van der Waals surface area contributed by atoms with E-state index in [2.05, 4.69) is 5.32 Å². The molecule has 1 aliphatic rings. The van der Waals surface area contributed by atoms with Crippen molar-refractivity contribution < 1.29 is 18.7 Å². The summed E-state index contributed by atoms with van der Waals surface area (Å²) in [5.41, 5.74) is 0. The second-order valence-corrected chi connectivity index (χ2v) is 3.98. The molecule has 6 heteroatoms. The smallest absolute Gasteiger partial charge is 0.318 e. The van der Waals surface area contributed by atoms with Gasteiger partial charge in [-0.2, -0.15) is 0 Å². The Morgan fingerprint density at radius 2 is 2.35 bits per heavy atom. The lowest BCUT2D eigenvalue weighted by Gasteiger charge is -2.25. The number of rotatable bonds is 5. The highest BCUT2D eigenvalue weighted by Crippen LogP contribution is 2.10. The fourth-order valence-electron chi connectivity index (χ4n) is 1.75. The molecule has 0 aromatic carbocycles. The lowest BCUT2D eigenvalue weighted by Crippen LogP contribution is -2.47. The van der Waals surface area contributed by atoms with E-state index < -0.39 is 19.0 Å². The zero-order valence-electron chi connectivity index (χ0n) is 9.61. The van der Waals surface area contributed by atoms with Gasteiger partial charge in [0.2, 0.25) is 0 Å². The van der Waals surface area contributed by atoms with Gasteiger partial charge in [-0.1, -0.05) is 12.2 Å². The Morgan fingerprint density at radius 3 is 2.88 bits per heavy atom. The SMILES string of the molecule is O=C(NC1C=CCCC1)N(CCO)CC(F)F. The molecule has 2 amide bonds. The number of alkyl halides is 2. The summed E-state index contributed by atoms with van der Waals surface area (Å²) >= 11 is 0. The molecule has 0 aliphatic heterocycles. The van der Waals surface area contributed by atoms with Crippen LogP contribution in [-0.2, 0) is 0 Å². The Morgan fingerprint density at radius 1 is 1.59 bits per heavy atom. The maximum Gasteiger partial charge on any atom is 0.318 e. The van der Waals surface area contributed by atoms with E-state index in [-0.39, 0.29) is 19.2 Å². The molecule has 1 aliphatic carbocycles. The first-order chi connectivity index (χ1) is 8.13. The molecular formula is C11H18F2N2O2. The molecule has 0 saturated carbocycles. The Bertz CT molecular complexity index is 272. The summed E-state index contributed by atoms with van der Waals surface area (Å²) in [5.74, 6) is 0. The second-order valence-electron chi connectivity index (χ2n) is 3.98. The summed E-state index contributed by atoms with van der Waals surface area (Å²) in [6.07, 6.45) is 4.05. The Hall–Kier alpha value is -1.17. The molecule has 0 bridgehead atoms. The highest BCUT2D eigenvalue weighted by molar-refractivity contribution is 5.74. The van der Waals surface area contributed by atoms with Gasteiger partial charge in [-0.25, -0.2) is 13.6 Å². The van der Waals surface area contributed by atoms with Gasteiger partial charge in [-0.05, 0) is 19.3 Å². The Kier molecular flexibility index (Phi) is 5.90. The minimum Gasteiger partial charge on any atom is -0.395 e. The number of nitrogens with one attached hydrogen (secondary N) is 1. The molecule has 0 aromatic rings. The van der Waals surface area contributed by atoms with Gasteiger partial charge < -0.3 is 15.3 Å². The molecule has 1 unspecified atom stereocenters. The van der Waals surface area contributed by atoms with Gasteiger partial charge in [0, 0.05) is 12.6 Å². The monoisotopic (exact) mass is 248 g/mol. The molecule has 0 spiro atoms. The van der Waals surface area contributed by atoms with Gasteiger partial charge in [-0.15, -0.1) is 0 Å². The van der Waals surface area contributed by atoms with Crippen LogP contribution in [0.5, 0.6) is 0 Å². The zero-order chi connectivity index (χ0) is 12.7. The third-order valence-electron chi connectivity index (χ3n) is 2.58. The zero-order valence-corrected chi connectivity index (χ0v) is 9.61. The van der Waals surface area contributed by atoms with E-state index in [9.17, 15) is 13.6 Å². The van der Waals surface area contributed by atoms with E-state index in [0.717, 1.165) is 24.2 Å². The number of aliphatic hydroxyl groups excluding tert-OH is 1. The molecule has 98 valence electrons. The lowest BCUT2D eigenvalue weighted by atomic mass is 10.0. The number of urea groups is 1. The Labute approximate surface area is 99.3 Å². The number of hydrogen-bond acceptors (Lipinski definition) is 2. The van der Waals surface area contributed by atoms with Crippen LogP contribution in [0.15, 0.2) is 12.2 Å². The lowest BCUT2D eigenvalue weighted by molar-refractivity contribution is 0.0896. The molecule has 1 rings (SSSR count). The number of aliphatic hydroxyl groups is 1. The van der Waals surface area contributed by atoms with Crippen LogP contribution in [0.4, 0.5) is 13.6 Å². The first-order valence-corrected chi connectivity index (χ1v) is 5.74. The van der Waals surface area contributed by atoms with Crippen molar-refractivity contribution in [2.45, 2.75) is 31.7 Å². The molecule has 17 heavy (non-hydrogen) atoms. The van der Waals surface area contributed by atoms with E-state index in [1.807, 2.05) is 12.2 Å². The molecule has 0 fully saturated rings. The molecule has 0 saturated heterocycles. The fraction of sp³-hybridized carbons (Fsp3) is 0.727. The van der Waals surface area contributed by atoms with E-state index in [1.54, 1.807) is 0 Å². The first kappa shape index (κ1) is 13.9. The maximum absolute atomic E-state index is 12.2. The number of amides is 2. The van der Waals surface area contributed by atoms with Crippen molar-refractivity contribution in [3.8, 4) is 0 Å². The highest BCUT2D eigenvalue weighted by Gasteiger charge is 2.20. The van der Waals surface area contributed by atoms with Crippen LogP contribution >= 0.6 is 0 Å².